The van der Waals surface area contributed by atoms with Gasteiger partial charge >= 0.3 is 0 Å². The van der Waals surface area contributed by atoms with Gasteiger partial charge in [-0.25, -0.2) is 9.37 Å². The lowest BCUT2D eigenvalue weighted by Crippen LogP contribution is -2.49. The van der Waals surface area contributed by atoms with Crippen LogP contribution in [0.3, 0.4) is 0 Å². The number of carbonyl (C=O) groups is 1. The van der Waals surface area contributed by atoms with Gasteiger partial charge in [0.2, 0.25) is 5.91 Å². The molecule has 1 aromatic heterocycles. The SMILES string of the molecule is Cn1ccnc1C1CNCCN1C(=O)Cc1ccc(F)cc1Cl. The highest BCUT2D eigenvalue weighted by Gasteiger charge is 2.30. The molecular formula is C16H18ClFN4O. The Morgan fingerprint density at radius 3 is 3.04 bits per heavy atom. The zero-order valence-corrected chi connectivity index (χ0v) is 13.6. The summed E-state index contributed by atoms with van der Waals surface area (Å²) in [5.41, 5.74) is 0.634. The molecule has 0 radical (unpaired) electrons. The van der Waals surface area contributed by atoms with Crippen molar-refractivity contribution < 1.29 is 9.18 Å². The van der Waals surface area contributed by atoms with E-state index >= 15 is 0 Å². The fourth-order valence-corrected chi connectivity index (χ4v) is 3.10. The van der Waals surface area contributed by atoms with Gasteiger partial charge in [-0.3, -0.25) is 4.79 Å². The molecule has 0 bridgehead atoms. The number of amides is 1. The molecule has 23 heavy (non-hydrogen) atoms. The molecule has 0 aliphatic carbocycles. The third-order valence-electron chi connectivity index (χ3n) is 4.08. The Kier molecular flexibility index (Phi) is 4.63. The van der Waals surface area contributed by atoms with Gasteiger partial charge in [-0.2, -0.15) is 0 Å². The zero-order chi connectivity index (χ0) is 16.4. The third-order valence-corrected chi connectivity index (χ3v) is 4.43. The topological polar surface area (TPSA) is 50.2 Å². The maximum Gasteiger partial charge on any atom is 0.227 e. The molecule has 1 N–H and O–H groups in total. The number of nitrogens with one attached hydrogen (secondary N) is 1. The molecule has 1 fully saturated rings. The van der Waals surface area contributed by atoms with Gasteiger partial charge in [-0.05, 0) is 17.7 Å². The molecule has 0 saturated carbocycles. The van der Waals surface area contributed by atoms with Crippen molar-refractivity contribution in [1.29, 1.82) is 0 Å². The minimum absolute atomic E-state index is 0.0343. The second kappa shape index (κ2) is 6.68. The highest BCUT2D eigenvalue weighted by molar-refractivity contribution is 6.31. The van der Waals surface area contributed by atoms with Crippen LogP contribution < -0.4 is 5.32 Å². The number of halogens is 2. The average molecular weight is 337 g/mol. The summed E-state index contributed by atoms with van der Waals surface area (Å²) < 4.78 is 15.1. The zero-order valence-electron chi connectivity index (χ0n) is 12.8. The molecule has 5 nitrogen and oxygen atoms in total. The molecule has 1 amide bonds. The van der Waals surface area contributed by atoms with Crippen LogP contribution in [-0.4, -0.2) is 40.0 Å². The summed E-state index contributed by atoms with van der Waals surface area (Å²) in [6, 6.07) is 4.00. The highest BCUT2D eigenvalue weighted by atomic mass is 35.5. The summed E-state index contributed by atoms with van der Waals surface area (Å²) >= 11 is 6.03. The van der Waals surface area contributed by atoms with E-state index < -0.39 is 5.82 Å². The average Bonchev–Trinajstić information content (AvgIpc) is 2.96. The van der Waals surface area contributed by atoms with Crippen molar-refractivity contribution in [1.82, 2.24) is 19.8 Å². The predicted molar refractivity (Wildman–Crippen MR) is 85.6 cm³/mol. The number of hydrogen-bond donors (Lipinski definition) is 1. The second-order valence-corrected chi connectivity index (χ2v) is 6.02. The number of rotatable bonds is 3. The van der Waals surface area contributed by atoms with Gasteiger partial charge in [0.25, 0.3) is 0 Å². The first-order chi connectivity index (χ1) is 11.1. The van der Waals surface area contributed by atoms with Crippen molar-refractivity contribution in [3.8, 4) is 0 Å². The van der Waals surface area contributed by atoms with E-state index in [1.807, 2.05) is 22.7 Å². The van der Waals surface area contributed by atoms with Crippen LogP contribution in [0.2, 0.25) is 5.02 Å². The lowest BCUT2D eigenvalue weighted by molar-refractivity contribution is -0.134. The van der Waals surface area contributed by atoms with Crippen LogP contribution in [0, 0.1) is 5.82 Å². The van der Waals surface area contributed by atoms with Gasteiger partial charge < -0.3 is 14.8 Å². The number of piperazine rings is 1. The molecule has 1 aromatic carbocycles. The largest absolute Gasteiger partial charge is 0.336 e. The van der Waals surface area contributed by atoms with E-state index in [-0.39, 0.29) is 23.4 Å². The molecule has 1 aliphatic rings. The number of aryl methyl sites for hydroxylation is 1. The Labute approximate surface area is 139 Å². The van der Waals surface area contributed by atoms with Crippen molar-refractivity contribution in [2.24, 2.45) is 7.05 Å². The smallest absolute Gasteiger partial charge is 0.227 e. The maximum atomic E-state index is 13.1. The molecule has 1 aliphatic heterocycles. The van der Waals surface area contributed by atoms with E-state index in [2.05, 4.69) is 10.3 Å². The molecule has 1 saturated heterocycles. The molecule has 0 spiro atoms. The first-order valence-corrected chi connectivity index (χ1v) is 7.85. The summed E-state index contributed by atoms with van der Waals surface area (Å²) in [6.07, 6.45) is 3.74. The summed E-state index contributed by atoms with van der Waals surface area (Å²) in [7, 11) is 1.91. The van der Waals surface area contributed by atoms with Crippen molar-refractivity contribution in [2.75, 3.05) is 19.6 Å². The quantitative estimate of drug-likeness (QED) is 0.931. The minimum Gasteiger partial charge on any atom is -0.336 e. The predicted octanol–water partition coefficient (Wildman–Crippen LogP) is 1.93. The lowest BCUT2D eigenvalue weighted by Gasteiger charge is -2.36. The summed E-state index contributed by atoms with van der Waals surface area (Å²) in [5, 5.41) is 3.57. The van der Waals surface area contributed by atoms with Crippen LogP contribution in [0.25, 0.3) is 0 Å². The van der Waals surface area contributed by atoms with Gasteiger partial charge in [-0.1, -0.05) is 17.7 Å². The van der Waals surface area contributed by atoms with E-state index in [4.69, 9.17) is 11.6 Å². The highest BCUT2D eigenvalue weighted by Crippen LogP contribution is 2.23. The fourth-order valence-electron chi connectivity index (χ4n) is 2.86. The van der Waals surface area contributed by atoms with E-state index in [9.17, 15) is 9.18 Å². The fraction of sp³-hybridized carbons (Fsp3) is 0.375. The number of nitrogens with zero attached hydrogens (tertiary/aromatic N) is 3. The Morgan fingerprint density at radius 1 is 1.52 bits per heavy atom. The van der Waals surface area contributed by atoms with Crippen LogP contribution in [0.5, 0.6) is 0 Å². The number of aromatic nitrogens is 2. The minimum atomic E-state index is -0.403. The Hall–Kier alpha value is -1.92. The monoisotopic (exact) mass is 336 g/mol. The molecule has 7 heteroatoms. The van der Waals surface area contributed by atoms with Crippen LogP contribution >= 0.6 is 11.6 Å². The molecular weight excluding hydrogens is 319 g/mol. The number of imidazole rings is 1. The van der Waals surface area contributed by atoms with Crippen LogP contribution in [0.4, 0.5) is 4.39 Å². The molecule has 2 heterocycles. The van der Waals surface area contributed by atoms with Crippen LogP contribution in [0.15, 0.2) is 30.6 Å². The van der Waals surface area contributed by atoms with Crippen molar-refractivity contribution in [3.63, 3.8) is 0 Å². The summed E-state index contributed by atoms with van der Waals surface area (Å²) in [4.78, 5) is 18.9. The Bertz CT molecular complexity index is 718. The van der Waals surface area contributed by atoms with Gasteiger partial charge in [0.15, 0.2) is 0 Å². The second-order valence-electron chi connectivity index (χ2n) is 5.62. The van der Waals surface area contributed by atoms with Crippen molar-refractivity contribution in [2.45, 2.75) is 12.5 Å². The van der Waals surface area contributed by atoms with E-state index in [1.54, 1.807) is 12.3 Å². The summed E-state index contributed by atoms with van der Waals surface area (Å²) in [6.45, 7) is 2.01. The van der Waals surface area contributed by atoms with E-state index in [0.29, 0.717) is 18.7 Å². The Morgan fingerprint density at radius 2 is 2.35 bits per heavy atom. The maximum absolute atomic E-state index is 13.1. The van der Waals surface area contributed by atoms with Crippen molar-refractivity contribution >= 4 is 17.5 Å². The van der Waals surface area contributed by atoms with E-state index in [0.717, 1.165) is 12.4 Å². The molecule has 2 aromatic rings. The van der Waals surface area contributed by atoms with Crippen LogP contribution in [-0.2, 0) is 18.3 Å². The number of benzene rings is 1. The van der Waals surface area contributed by atoms with Gasteiger partial charge in [0, 0.05) is 44.1 Å². The molecule has 1 atom stereocenters. The number of hydrogen-bond acceptors (Lipinski definition) is 3. The first kappa shape index (κ1) is 16.0. The summed E-state index contributed by atoms with van der Waals surface area (Å²) in [5.74, 6) is 0.406. The number of carbonyl (C=O) groups excluding carboxylic acids is 1. The van der Waals surface area contributed by atoms with Crippen LogP contribution in [0.1, 0.15) is 17.4 Å². The molecule has 3 rings (SSSR count). The molecule has 122 valence electrons. The molecule has 1 unspecified atom stereocenters. The first-order valence-electron chi connectivity index (χ1n) is 7.47. The van der Waals surface area contributed by atoms with E-state index in [1.165, 1.54) is 12.1 Å². The lowest BCUT2D eigenvalue weighted by atomic mass is 10.1. The van der Waals surface area contributed by atoms with Gasteiger partial charge in [0.1, 0.15) is 17.7 Å². The normalized spacial score (nSPS) is 18.2. The Balaban J connectivity index is 1.80. The van der Waals surface area contributed by atoms with Crippen molar-refractivity contribution in [3.05, 3.63) is 52.8 Å². The standard InChI is InChI=1S/C16H18ClFN4O/c1-21-6-5-20-16(21)14-10-19-4-7-22(14)15(23)8-11-2-3-12(18)9-13(11)17/h2-3,5-6,9,14,19H,4,7-8,10H2,1H3. The third kappa shape index (κ3) is 3.38. The van der Waals surface area contributed by atoms with Gasteiger partial charge in [-0.15, -0.1) is 0 Å². The van der Waals surface area contributed by atoms with Gasteiger partial charge in [0.05, 0.1) is 6.42 Å².